The van der Waals surface area contributed by atoms with Gasteiger partial charge in [0.05, 0.1) is 21.7 Å². The molecule has 0 unspecified atom stereocenters. The summed E-state index contributed by atoms with van der Waals surface area (Å²) in [4.78, 5) is 12.7. The van der Waals surface area contributed by atoms with Crippen LogP contribution in [-0.2, 0) is 0 Å². The fourth-order valence-electron chi connectivity index (χ4n) is 2.19. The number of hydrogen-bond acceptors (Lipinski definition) is 3. The Bertz CT molecular complexity index is 860. The summed E-state index contributed by atoms with van der Waals surface area (Å²) < 4.78 is 8.66. The normalized spacial score (nSPS) is 11.1. The molecule has 0 saturated carbocycles. The highest BCUT2D eigenvalue weighted by atomic mass is 127. The van der Waals surface area contributed by atoms with E-state index in [4.69, 9.17) is 16.3 Å². The van der Waals surface area contributed by atoms with Crippen LogP contribution < -0.4 is 10.2 Å². The van der Waals surface area contributed by atoms with Crippen LogP contribution >= 0.6 is 45.5 Å². The lowest BCUT2D eigenvalue weighted by atomic mass is 10.2. The van der Waals surface area contributed by atoms with Gasteiger partial charge in [-0.2, -0.15) is 0 Å². The maximum absolute atomic E-state index is 12.7. The molecule has 0 radical (unpaired) electrons. The molecule has 0 fully saturated rings. The van der Waals surface area contributed by atoms with Crippen LogP contribution in [0.3, 0.4) is 0 Å². The molecule has 0 atom stereocenters. The SMILES string of the molecule is O=c1c2ccccc2sc2c(OCCCI)ccc(Cl)c12. The van der Waals surface area contributed by atoms with E-state index >= 15 is 0 Å². The van der Waals surface area contributed by atoms with Crippen molar-refractivity contribution in [2.45, 2.75) is 6.42 Å². The summed E-state index contributed by atoms with van der Waals surface area (Å²) in [5, 5.41) is 1.76. The van der Waals surface area contributed by atoms with Gasteiger partial charge >= 0.3 is 0 Å². The number of benzene rings is 2. The van der Waals surface area contributed by atoms with Crippen LogP contribution in [0.1, 0.15) is 6.42 Å². The number of ether oxygens (including phenoxy) is 1. The first-order chi connectivity index (χ1) is 10.2. The number of alkyl halides is 1. The zero-order valence-corrected chi connectivity index (χ0v) is 14.8. The Balaban J connectivity index is 2.27. The number of halogens is 2. The lowest BCUT2D eigenvalue weighted by Crippen LogP contribution is -2.04. The van der Waals surface area contributed by atoms with E-state index in [1.165, 1.54) is 0 Å². The molecule has 0 aliphatic carbocycles. The number of fused-ring (bicyclic) bond motifs is 2. The average Bonchev–Trinajstić information content (AvgIpc) is 2.50. The van der Waals surface area contributed by atoms with E-state index in [2.05, 4.69) is 22.6 Å². The predicted octanol–water partition coefficient (Wildman–Crippen LogP) is 5.27. The molecule has 3 rings (SSSR count). The van der Waals surface area contributed by atoms with Gasteiger partial charge < -0.3 is 4.74 Å². The minimum absolute atomic E-state index is 0.0244. The molecular formula is C16H12ClIO2S. The fraction of sp³-hybridized carbons (Fsp3) is 0.188. The number of hydrogen-bond donors (Lipinski definition) is 0. The Hall–Kier alpha value is -0.850. The topological polar surface area (TPSA) is 26.3 Å². The molecule has 5 heteroatoms. The van der Waals surface area contributed by atoms with Gasteiger partial charge in [0.25, 0.3) is 0 Å². The molecule has 2 nitrogen and oxygen atoms in total. The molecule has 0 aliphatic rings. The van der Waals surface area contributed by atoms with Crippen molar-refractivity contribution in [3.63, 3.8) is 0 Å². The summed E-state index contributed by atoms with van der Waals surface area (Å²) in [5.41, 5.74) is -0.0244. The van der Waals surface area contributed by atoms with Crippen molar-refractivity contribution >= 4 is 65.7 Å². The molecule has 2 aromatic carbocycles. The second-order valence-electron chi connectivity index (χ2n) is 4.57. The molecule has 21 heavy (non-hydrogen) atoms. The Morgan fingerprint density at radius 3 is 2.81 bits per heavy atom. The van der Waals surface area contributed by atoms with Crippen LogP contribution in [0.4, 0.5) is 0 Å². The standard InChI is InChI=1S/C16H12ClIO2S/c17-11-6-7-12(20-9-3-8-18)16-14(11)15(19)10-4-1-2-5-13(10)21-16/h1-2,4-7H,3,8-9H2. The lowest BCUT2D eigenvalue weighted by molar-refractivity contribution is 0.324. The monoisotopic (exact) mass is 430 g/mol. The van der Waals surface area contributed by atoms with Crippen LogP contribution in [-0.4, -0.2) is 11.0 Å². The summed E-state index contributed by atoms with van der Waals surface area (Å²) in [6, 6.07) is 11.2. The highest BCUT2D eigenvalue weighted by molar-refractivity contribution is 14.1. The van der Waals surface area contributed by atoms with Crippen LogP contribution in [0.15, 0.2) is 41.2 Å². The van der Waals surface area contributed by atoms with Crippen molar-refractivity contribution in [2.24, 2.45) is 0 Å². The first kappa shape index (κ1) is 15.1. The molecule has 3 aromatic rings. The van der Waals surface area contributed by atoms with Gasteiger partial charge in [-0.3, -0.25) is 4.79 Å². The van der Waals surface area contributed by atoms with E-state index in [9.17, 15) is 4.79 Å². The van der Waals surface area contributed by atoms with E-state index in [0.717, 1.165) is 26.0 Å². The molecule has 0 bridgehead atoms. The van der Waals surface area contributed by atoms with Gasteiger partial charge in [0.1, 0.15) is 5.75 Å². The fourth-order valence-corrected chi connectivity index (χ4v) is 3.97. The van der Waals surface area contributed by atoms with E-state index in [1.807, 2.05) is 30.3 Å². The van der Waals surface area contributed by atoms with E-state index < -0.39 is 0 Å². The van der Waals surface area contributed by atoms with E-state index in [-0.39, 0.29) is 5.43 Å². The third-order valence-electron chi connectivity index (χ3n) is 3.18. The summed E-state index contributed by atoms with van der Waals surface area (Å²) in [6.45, 7) is 0.646. The van der Waals surface area contributed by atoms with Gasteiger partial charge in [-0.25, -0.2) is 0 Å². The van der Waals surface area contributed by atoms with Crippen LogP contribution in [0, 0.1) is 0 Å². The van der Waals surface area contributed by atoms with Gasteiger partial charge in [0, 0.05) is 14.5 Å². The van der Waals surface area contributed by atoms with Crippen LogP contribution in [0.25, 0.3) is 20.2 Å². The maximum Gasteiger partial charge on any atom is 0.197 e. The molecule has 108 valence electrons. The van der Waals surface area contributed by atoms with Gasteiger partial charge in [0.2, 0.25) is 0 Å². The quantitative estimate of drug-likeness (QED) is 0.244. The van der Waals surface area contributed by atoms with Crippen molar-refractivity contribution < 1.29 is 4.74 Å². The first-order valence-corrected chi connectivity index (χ1v) is 9.27. The second-order valence-corrected chi connectivity index (χ2v) is 7.11. The molecule has 0 amide bonds. The highest BCUT2D eigenvalue weighted by Crippen LogP contribution is 2.35. The number of rotatable bonds is 4. The molecule has 0 aliphatic heterocycles. The highest BCUT2D eigenvalue weighted by Gasteiger charge is 2.13. The van der Waals surface area contributed by atoms with Crippen molar-refractivity contribution in [2.75, 3.05) is 11.0 Å². The van der Waals surface area contributed by atoms with Crippen molar-refractivity contribution in [3.05, 3.63) is 51.6 Å². The lowest BCUT2D eigenvalue weighted by Gasteiger charge is -2.10. The minimum atomic E-state index is -0.0244. The van der Waals surface area contributed by atoms with Gasteiger partial charge in [-0.05, 0) is 30.7 Å². The summed E-state index contributed by atoms with van der Waals surface area (Å²) >= 11 is 10.1. The van der Waals surface area contributed by atoms with Gasteiger partial charge in [-0.15, -0.1) is 11.3 Å². The largest absolute Gasteiger partial charge is 0.492 e. The molecule has 0 N–H and O–H groups in total. The summed E-state index contributed by atoms with van der Waals surface area (Å²) in [7, 11) is 0. The van der Waals surface area contributed by atoms with Crippen molar-refractivity contribution in [1.29, 1.82) is 0 Å². The maximum atomic E-state index is 12.7. The average molecular weight is 431 g/mol. The van der Waals surface area contributed by atoms with Crippen LogP contribution in [0.5, 0.6) is 5.75 Å². The summed E-state index contributed by atoms with van der Waals surface area (Å²) in [6.07, 6.45) is 0.979. The molecule has 1 aromatic heterocycles. The van der Waals surface area contributed by atoms with Gasteiger partial charge in [0.15, 0.2) is 5.43 Å². The second kappa shape index (κ2) is 6.50. The zero-order chi connectivity index (χ0) is 14.8. The van der Waals surface area contributed by atoms with Crippen molar-refractivity contribution in [1.82, 2.24) is 0 Å². The molecule has 0 saturated heterocycles. The zero-order valence-electron chi connectivity index (χ0n) is 11.1. The molecule has 1 heterocycles. The Kier molecular flexibility index (Phi) is 4.66. The predicted molar refractivity (Wildman–Crippen MR) is 99.6 cm³/mol. The van der Waals surface area contributed by atoms with Crippen LogP contribution in [0.2, 0.25) is 5.02 Å². The third-order valence-corrected chi connectivity index (χ3v) is 5.44. The van der Waals surface area contributed by atoms with E-state index in [1.54, 1.807) is 17.4 Å². The summed E-state index contributed by atoms with van der Waals surface area (Å²) in [5.74, 6) is 0.743. The minimum Gasteiger partial charge on any atom is -0.492 e. The Morgan fingerprint density at radius 2 is 2.00 bits per heavy atom. The molecular weight excluding hydrogens is 419 g/mol. The van der Waals surface area contributed by atoms with Gasteiger partial charge in [-0.1, -0.05) is 46.3 Å². The first-order valence-electron chi connectivity index (χ1n) is 6.55. The third kappa shape index (κ3) is 2.89. The van der Waals surface area contributed by atoms with Crippen molar-refractivity contribution in [3.8, 4) is 5.75 Å². The smallest absolute Gasteiger partial charge is 0.197 e. The molecule has 0 spiro atoms. The van der Waals surface area contributed by atoms with E-state index in [0.29, 0.717) is 22.4 Å². The Labute approximate surface area is 144 Å². The Morgan fingerprint density at radius 1 is 1.19 bits per heavy atom.